The first-order valence-corrected chi connectivity index (χ1v) is 14.7. The van der Waals surface area contributed by atoms with Crippen molar-refractivity contribution in [2.45, 2.75) is 6.92 Å². The summed E-state index contributed by atoms with van der Waals surface area (Å²) in [4.78, 5) is 9.07. The molecule has 9 aromatic rings. The van der Waals surface area contributed by atoms with Crippen LogP contribution in [0.2, 0.25) is 0 Å². The van der Waals surface area contributed by atoms with Crippen LogP contribution in [0.15, 0.2) is 146 Å². The van der Waals surface area contributed by atoms with E-state index in [0.29, 0.717) is 0 Å². The van der Waals surface area contributed by atoms with Crippen molar-refractivity contribution in [2.75, 3.05) is 0 Å². The molecule has 0 amide bonds. The SMILES string of the molecule is Cc1ccc(-c2[c-]cccc2)nc1.[Ir].[c-]1cc2c(cc1-c1ccc(-c3ccccc3)cn1)c1cccc3c4ccccc4n2c13. The molecule has 217 valence electrons. The maximum Gasteiger partial charge on any atom is 0.0516 e. The quantitative estimate of drug-likeness (QED) is 0.168. The van der Waals surface area contributed by atoms with Gasteiger partial charge in [-0.3, -0.25) is 0 Å². The van der Waals surface area contributed by atoms with Crippen LogP contribution in [0.5, 0.6) is 0 Å². The molecule has 0 atom stereocenters. The maximum absolute atomic E-state index is 4.75. The van der Waals surface area contributed by atoms with Gasteiger partial charge in [-0.05, 0) is 52.0 Å². The Balaban J connectivity index is 0.000000196. The average molecular weight is 754 g/mol. The fraction of sp³-hybridized carbons (Fsp3) is 0.0244. The zero-order valence-electron chi connectivity index (χ0n) is 24.5. The zero-order valence-corrected chi connectivity index (χ0v) is 26.9. The summed E-state index contributed by atoms with van der Waals surface area (Å²) in [5.41, 5.74) is 11.2. The molecule has 4 heterocycles. The number of nitrogens with zero attached hydrogens (tertiary/aromatic N) is 3. The van der Waals surface area contributed by atoms with Gasteiger partial charge < -0.3 is 14.4 Å². The molecule has 4 heteroatoms. The minimum atomic E-state index is 0. The Morgan fingerprint density at radius 2 is 1.24 bits per heavy atom. The van der Waals surface area contributed by atoms with Crippen LogP contribution in [0.4, 0.5) is 0 Å². The topological polar surface area (TPSA) is 30.2 Å². The third kappa shape index (κ3) is 5.19. The van der Waals surface area contributed by atoms with Gasteiger partial charge in [0.25, 0.3) is 0 Å². The van der Waals surface area contributed by atoms with Gasteiger partial charge in [0.15, 0.2) is 0 Å². The predicted octanol–water partition coefficient (Wildman–Crippen LogP) is 10.2. The van der Waals surface area contributed by atoms with Crippen LogP contribution in [0.3, 0.4) is 0 Å². The van der Waals surface area contributed by atoms with Crippen molar-refractivity contribution < 1.29 is 20.1 Å². The Morgan fingerprint density at radius 3 is 2.00 bits per heavy atom. The van der Waals surface area contributed by atoms with Crippen LogP contribution >= 0.6 is 0 Å². The van der Waals surface area contributed by atoms with E-state index in [9.17, 15) is 0 Å². The molecule has 0 N–H and O–H groups in total. The van der Waals surface area contributed by atoms with Gasteiger partial charge >= 0.3 is 0 Å². The number of fused-ring (bicyclic) bond motifs is 6. The van der Waals surface area contributed by atoms with Gasteiger partial charge in [0.1, 0.15) is 0 Å². The molecule has 0 saturated carbocycles. The van der Waals surface area contributed by atoms with Gasteiger partial charge in [-0.15, -0.1) is 59.7 Å². The number of benzene rings is 5. The molecule has 0 aliphatic rings. The summed E-state index contributed by atoms with van der Waals surface area (Å²) in [5, 5.41) is 5.12. The fourth-order valence-electron chi connectivity index (χ4n) is 6.05. The van der Waals surface area contributed by atoms with Crippen LogP contribution in [0.25, 0.3) is 71.7 Å². The van der Waals surface area contributed by atoms with E-state index in [-0.39, 0.29) is 20.1 Å². The molecule has 0 saturated heterocycles. The summed E-state index contributed by atoms with van der Waals surface area (Å²) in [6, 6.07) is 52.7. The molecule has 1 radical (unpaired) electrons. The first-order chi connectivity index (χ1) is 21.7. The second-order valence-corrected chi connectivity index (χ2v) is 11.0. The van der Waals surface area contributed by atoms with Gasteiger partial charge in [-0.2, -0.15) is 0 Å². The van der Waals surface area contributed by atoms with Gasteiger partial charge in [0, 0.05) is 48.8 Å². The Kier molecular flexibility index (Phi) is 7.69. The summed E-state index contributed by atoms with van der Waals surface area (Å²) in [6.45, 7) is 2.03. The number of hydrogen-bond donors (Lipinski definition) is 0. The molecule has 0 aliphatic carbocycles. The fourth-order valence-corrected chi connectivity index (χ4v) is 6.05. The van der Waals surface area contributed by atoms with Gasteiger partial charge in [0.05, 0.1) is 5.52 Å². The minimum Gasteiger partial charge on any atom is -0.350 e. The molecule has 3 nitrogen and oxygen atoms in total. The molecule has 45 heavy (non-hydrogen) atoms. The molecular formula is C41H27IrN3-2. The Bertz CT molecular complexity index is 2360. The monoisotopic (exact) mass is 754 g/mol. The molecule has 0 unspecified atom stereocenters. The number of para-hydroxylation sites is 2. The van der Waals surface area contributed by atoms with Crippen molar-refractivity contribution in [3.63, 3.8) is 0 Å². The summed E-state index contributed by atoms with van der Waals surface area (Å²) >= 11 is 0. The summed E-state index contributed by atoms with van der Waals surface area (Å²) in [5.74, 6) is 0. The number of hydrogen-bond acceptors (Lipinski definition) is 2. The Labute approximate surface area is 275 Å². The second-order valence-electron chi connectivity index (χ2n) is 11.0. The molecule has 0 bridgehead atoms. The van der Waals surface area contributed by atoms with Crippen molar-refractivity contribution in [2.24, 2.45) is 0 Å². The third-order valence-electron chi connectivity index (χ3n) is 8.20. The molecular weight excluding hydrogens is 727 g/mol. The van der Waals surface area contributed by atoms with Crippen LogP contribution in [-0.2, 0) is 20.1 Å². The van der Waals surface area contributed by atoms with E-state index in [1.165, 1.54) is 49.2 Å². The van der Waals surface area contributed by atoms with E-state index in [1.54, 1.807) is 0 Å². The molecule has 0 aliphatic heterocycles. The molecule has 4 aromatic heterocycles. The first-order valence-electron chi connectivity index (χ1n) is 14.7. The number of aromatic nitrogens is 3. The smallest absolute Gasteiger partial charge is 0.0516 e. The van der Waals surface area contributed by atoms with Gasteiger partial charge in [0.2, 0.25) is 0 Å². The zero-order chi connectivity index (χ0) is 29.5. The first kappa shape index (κ1) is 28.6. The van der Waals surface area contributed by atoms with E-state index >= 15 is 0 Å². The molecule has 9 rings (SSSR count). The van der Waals surface area contributed by atoms with Crippen molar-refractivity contribution in [1.29, 1.82) is 0 Å². The molecule has 0 spiro atoms. The van der Waals surface area contributed by atoms with Crippen molar-refractivity contribution in [3.8, 4) is 33.6 Å². The molecule has 5 aromatic carbocycles. The van der Waals surface area contributed by atoms with E-state index in [4.69, 9.17) is 4.98 Å². The van der Waals surface area contributed by atoms with Crippen LogP contribution in [0, 0.1) is 19.1 Å². The molecule has 0 fully saturated rings. The van der Waals surface area contributed by atoms with E-state index in [1.807, 2.05) is 55.7 Å². The second kappa shape index (κ2) is 12.1. The average Bonchev–Trinajstić information content (AvgIpc) is 3.62. The Morgan fingerprint density at radius 1 is 0.533 bits per heavy atom. The maximum atomic E-state index is 4.75. The van der Waals surface area contributed by atoms with Crippen molar-refractivity contribution >= 4 is 38.1 Å². The number of pyridine rings is 2. The van der Waals surface area contributed by atoms with Gasteiger partial charge in [-0.1, -0.05) is 96.4 Å². The van der Waals surface area contributed by atoms with E-state index in [2.05, 4.69) is 119 Å². The predicted molar refractivity (Wildman–Crippen MR) is 182 cm³/mol. The van der Waals surface area contributed by atoms with Crippen molar-refractivity contribution in [3.05, 3.63) is 164 Å². The number of rotatable bonds is 3. The minimum absolute atomic E-state index is 0. The normalized spacial score (nSPS) is 11.0. The Hall–Kier alpha value is -5.15. The third-order valence-corrected chi connectivity index (χ3v) is 8.20. The van der Waals surface area contributed by atoms with Crippen LogP contribution < -0.4 is 0 Å². The van der Waals surface area contributed by atoms with Gasteiger partial charge in [-0.25, -0.2) is 0 Å². The van der Waals surface area contributed by atoms with Crippen molar-refractivity contribution in [1.82, 2.24) is 14.4 Å². The van der Waals surface area contributed by atoms with E-state index < -0.39 is 0 Å². The standard InChI is InChI=1S/C29H17N2.C12H10N.Ir/c1-2-7-19(8-3-1)21-13-15-26(30-18-21)20-14-16-28-25(17-20)24-11-6-10-23-22-9-4-5-12-27(22)31(28)29(23)24;1-10-7-8-12(13-9-10)11-5-3-2-4-6-11;/h1-13,15-18H;2-5,7-9H,1H3;/q2*-1;. The van der Waals surface area contributed by atoms with Crippen LogP contribution in [0.1, 0.15) is 5.56 Å². The van der Waals surface area contributed by atoms with Crippen LogP contribution in [-0.4, -0.2) is 14.4 Å². The summed E-state index contributed by atoms with van der Waals surface area (Å²) in [7, 11) is 0. The number of aryl methyl sites for hydroxylation is 1. The van der Waals surface area contributed by atoms with E-state index in [0.717, 1.165) is 28.1 Å². The largest absolute Gasteiger partial charge is 0.350 e. The summed E-state index contributed by atoms with van der Waals surface area (Å²) in [6.07, 6.45) is 3.82. The summed E-state index contributed by atoms with van der Waals surface area (Å²) < 4.78 is 2.38.